The zero-order chi connectivity index (χ0) is 8.10. The lowest BCUT2D eigenvalue weighted by Crippen LogP contribution is -2.04. The third-order valence-electron chi connectivity index (χ3n) is 1.17. The summed E-state index contributed by atoms with van der Waals surface area (Å²) in [5, 5.41) is 0. The quantitative estimate of drug-likeness (QED) is 0.530. The van der Waals surface area contributed by atoms with Crippen LogP contribution >= 0.6 is 12.4 Å². The fourth-order valence-corrected chi connectivity index (χ4v) is 0.698. The van der Waals surface area contributed by atoms with Crippen LogP contribution < -0.4 is 0 Å². The molecule has 1 heterocycles. The van der Waals surface area contributed by atoms with E-state index in [9.17, 15) is 4.79 Å². The number of pyridine rings is 1. The average molecular weight is 194 g/mol. The molecule has 0 aliphatic heterocycles. The van der Waals surface area contributed by atoms with Gasteiger partial charge in [0.25, 0.3) is 0 Å². The van der Waals surface area contributed by atoms with Crippen LogP contribution in [0.3, 0.4) is 0 Å². The molecule has 0 spiro atoms. The highest BCUT2D eigenvalue weighted by Gasteiger charge is 2.03. The summed E-state index contributed by atoms with van der Waals surface area (Å²) in [5.41, 5.74) is 0.495. The third-order valence-corrected chi connectivity index (χ3v) is 1.17. The normalized spacial score (nSPS) is 8.42. The zero-order valence-electron chi connectivity index (χ0n) is 6.69. The van der Waals surface area contributed by atoms with Crippen molar-refractivity contribution in [2.24, 2.45) is 0 Å². The number of hydrogen-bond acceptors (Lipinski definition) is 3. The lowest BCUT2D eigenvalue weighted by atomic mass is 10.9. The van der Waals surface area contributed by atoms with E-state index in [0.29, 0.717) is 12.2 Å². The summed E-state index contributed by atoms with van der Waals surface area (Å²) >= 11 is 0. The predicted octanol–water partition coefficient (Wildman–Crippen LogP) is 1.68. The summed E-state index contributed by atoms with van der Waals surface area (Å²) < 4.78 is 4.75. The molecule has 0 amide bonds. The van der Waals surface area contributed by atoms with Gasteiger partial charge in [-0.15, -0.1) is 12.4 Å². The molecular weight excluding hydrogens is 184 g/mol. The molecular formula is C8H10ClNO2. The minimum atomic E-state index is -0.319. The molecule has 1 aromatic heterocycles. The first-order valence-corrected chi connectivity index (χ1v) is 3.41. The van der Waals surface area contributed by atoms with Crippen LogP contribution in [0.1, 0.15) is 17.3 Å². The van der Waals surface area contributed by atoms with Gasteiger partial charge in [0.2, 0.25) is 0 Å². The van der Waals surface area contributed by atoms with Gasteiger partial charge in [0, 0.05) is 12.4 Å². The summed E-state index contributed by atoms with van der Waals surface area (Å²) in [6.45, 7) is 2.17. The molecule has 0 bridgehead atoms. The second kappa shape index (κ2) is 5.55. The molecule has 0 saturated heterocycles. The Morgan fingerprint density at radius 3 is 2.92 bits per heavy atom. The van der Waals surface area contributed by atoms with Gasteiger partial charge in [0.05, 0.1) is 12.2 Å². The molecule has 0 fully saturated rings. The molecule has 12 heavy (non-hydrogen) atoms. The van der Waals surface area contributed by atoms with Crippen LogP contribution in [0.15, 0.2) is 24.5 Å². The average Bonchev–Trinajstić information content (AvgIpc) is 2.07. The Labute approximate surface area is 77.2 Å². The Balaban J connectivity index is 0.00000121. The van der Waals surface area contributed by atoms with Crippen LogP contribution in [-0.2, 0) is 4.74 Å². The van der Waals surface area contributed by atoms with E-state index in [1.165, 1.54) is 6.20 Å². The van der Waals surface area contributed by atoms with Crippen LogP contribution in [0.5, 0.6) is 0 Å². The van der Waals surface area contributed by atoms with E-state index in [0.717, 1.165) is 0 Å². The molecule has 0 radical (unpaired) electrons. The minimum absolute atomic E-state index is 0. The maximum atomic E-state index is 11.0. The van der Waals surface area contributed by atoms with Gasteiger partial charge in [-0.25, -0.2) is 4.79 Å². The highest BCUT2D eigenvalue weighted by atomic mass is 35.5. The largest absolute Gasteiger partial charge is 0.462 e. The van der Waals surface area contributed by atoms with Crippen molar-refractivity contribution in [1.82, 2.24) is 4.98 Å². The molecule has 4 heteroatoms. The van der Waals surface area contributed by atoms with Crippen LogP contribution in [0, 0.1) is 0 Å². The van der Waals surface area contributed by atoms with Crippen LogP contribution in [-0.4, -0.2) is 17.6 Å². The molecule has 0 unspecified atom stereocenters. The number of halogens is 1. The lowest BCUT2D eigenvalue weighted by molar-refractivity contribution is 0.0526. The van der Waals surface area contributed by atoms with Crippen LogP contribution in [0.25, 0.3) is 0 Å². The maximum absolute atomic E-state index is 11.0. The molecule has 0 aliphatic rings. The second-order valence-electron chi connectivity index (χ2n) is 1.96. The molecule has 66 valence electrons. The number of nitrogens with zero attached hydrogens (tertiary/aromatic N) is 1. The number of esters is 1. The molecule has 1 aromatic rings. The first kappa shape index (κ1) is 10.9. The summed E-state index contributed by atoms with van der Waals surface area (Å²) in [6, 6.07) is 3.37. The molecule has 0 atom stereocenters. The maximum Gasteiger partial charge on any atom is 0.339 e. The number of hydrogen-bond donors (Lipinski definition) is 0. The molecule has 0 aliphatic carbocycles. The molecule has 3 nitrogen and oxygen atoms in total. The van der Waals surface area contributed by atoms with Crippen molar-refractivity contribution in [2.75, 3.05) is 6.61 Å². The highest BCUT2D eigenvalue weighted by Crippen LogP contribution is 1.97. The van der Waals surface area contributed by atoms with Crippen molar-refractivity contribution in [3.05, 3.63) is 30.1 Å². The summed E-state index contributed by atoms with van der Waals surface area (Å²) in [5.74, 6) is -0.319. The van der Waals surface area contributed by atoms with Gasteiger partial charge in [-0.1, -0.05) is 0 Å². The molecule has 1 rings (SSSR count). The van der Waals surface area contributed by atoms with Gasteiger partial charge in [0.1, 0.15) is 0 Å². The fraction of sp³-hybridized carbons (Fsp3) is 0.250. The Kier molecular flexibility index (Phi) is 5.04. The van der Waals surface area contributed by atoms with Gasteiger partial charge in [-0.3, -0.25) is 4.98 Å². The number of carbonyl (C=O) groups is 1. The van der Waals surface area contributed by atoms with Crippen molar-refractivity contribution >= 4 is 18.4 Å². The highest BCUT2D eigenvalue weighted by molar-refractivity contribution is 5.88. The number of carbonyl (C=O) groups excluding carboxylic acids is 1. The zero-order valence-corrected chi connectivity index (χ0v) is 7.50. The Bertz CT molecular complexity index is 238. The predicted molar refractivity (Wildman–Crippen MR) is 47.4 cm³/mol. The molecule has 0 aromatic carbocycles. The number of aromatic nitrogens is 1. The lowest BCUT2D eigenvalue weighted by Gasteiger charge is -1.98. The Hall–Kier alpha value is -1.09. The molecule has 0 N–H and O–H groups in total. The van der Waals surface area contributed by atoms with E-state index in [1.54, 1.807) is 25.3 Å². The third kappa shape index (κ3) is 2.88. The molecule has 0 saturated carbocycles. The van der Waals surface area contributed by atoms with Gasteiger partial charge >= 0.3 is 5.97 Å². The van der Waals surface area contributed by atoms with E-state index in [1.807, 2.05) is 0 Å². The Morgan fingerprint density at radius 1 is 1.67 bits per heavy atom. The van der Waals surface area contributed by atoms with E-state index in [-0.39, 0.29) is 18.4 Å². The van der Waals surface area contributed by atoms with Crippen molar-refractivity contribution < 1.29 is 9.53 Å². The van der Waals surface area contributed by atoms with Gasteiger partial charge in [0.15, 0.2) is 0 Å². The number of rotatable bonds is 2. The van der Waals surface area contributed by atoms with Gasteiger partial charge in [-0.2, -0.15) is 0 Å². The van der Waals surface area contributed by atoms with E-state index in [2.05, 4.69) is 4.98 Å². The van der Waals surface area contributed by atoms with Crippen molar-refractivity contribution in [2.45, 2.75) is 6.92 Å². The summed E-state index contributed by atoms with van der Waals surface area (Å²) in [6.07, 6.45) is 3.10. The Morgan fingerprint density at radius 2 is 2.42 bits per heavy atom. The fourth-order valence-electron chi connectivity index (χ4n) is 0.698. The van der Waals surface area contributed by atoms with E-state index in [4.69, 9.17) is 4.74 Å². The van der Waals surface area contributed by atoms with Crippen LogP contribution in [0.2, 0.25) is 0 Å². The monoisotopic (exact) mass is 193 g/mol. The first-order valence-electron chi connectivity index (χ1n) is 3.41. The van der Waals surface area contributed by atoms with E-state index < -0.39 is 0 Å². The summed E-state index contributed by atoms with van der Waals surface area (Å²) in [7, 11) is 0. The van der Waals surface area contributed by atoms with Crippen molar-refractivity contribution in [3.63, 3.8) is 0 Å². The van der Waals surface area contributed by atoms with Gasteiger partial charge < -0.3 is 4.74 Å². The van der Waals surface area contributed by atoms with Gasteiger partial charge in [-0.05, 0) is 19.1 Å². The summed E-state index contributed by atoms with van der Waals surface area (Å²) in [4.78, 5) is 14.8. The minimum Gasteiger partial charge on any atom is -0.462 e. The van der Waals surface area contributed by atoms with Crippen molar-refractivity contribution in [1.29, 1.82) is 0 Å². The first-order chi connectivity index (χ1) is 5.34. The topological polar surface area (TPSA) is 39.2 Å². The smallest absolute Gasteiger partial charge is 0.339 e. The second-order valence-corrected chi connectivity index (χ2v) is 1.96. The standard InChI is InChI=1S/C8H9NO2.ClH/c1-2-11-8(10)7-4-3-5-9-6-7;/h3-6H,2H2,1H3;1H/i3+1,4+1,5+1,6+1,7+1,8+1;. The SMILES string of the molecule is CCO[13C](=O)[13c]1[13cH][13cH][13cH]n[13cH]1.Cl. The number of ether oxygens (including phenoxy) is 1. The van der Waals surface area contributed by atoms with E-state index >= 15 is 0 Å². The van der Waals surface area contributed by atoms with Crippen LogP contribution in [0.4, 0.5) is 0 Å². The van der Waals surface area contributed by atoms with Crippen molar-refractivity contribution in [3.8, 4) is 0 Å².